The van der Waals surface area contributed by atoms with Gasteiger partial charge in [-0.15, -0.1) is 0 Å². The van der Waals surface area contributed by atoms with Gasteiger partial charge in [-0.25, -0.2) is 8.42 Å². The van der Waals surface area contributed by atoms with E-state index in [1.54, 1.807) is 11.2 Å². The van der Waals surface area contributed by atoms with Crippen LogP contribution in [0.2, 0.25) is 0 Å². The molecule has 0 bridgehead atoms. The van der Waals surface area contributed by atoms with Gasteiger partial charge in [0.25, 0.3) is 0 Å². The Morgan fingerprint density at radius 1 is 1.35 bits per heavy atom. The van der Waals surface area contributed by atoms with Gasteiger partial charge in [0.2, 0.25) is 10.0 Å². The van der Waals surface area contributed by atoms with Crippen molar-refractivity contribution < 1.29 is 8.42 Å². The van der Waals surface area contributed by atoms with Gasteiger partial charge < -0.3 is 4.90 Å². The fraction of sp³-hybridized carbons (Fsp3) is 0.438. The first-order valence-electron chi connectivity index (χ1n) is 7.70. The predicted octanol–water partition coefficient (Wildman–Crippen LogP) is 2.31. The topological polar surface area (TPSA) is 69.3 Å². The zero-order chi connectivity index (χ0) is 16.6. The lowest BCUT2D eigenvalue weighted by Gasteiger charge is -2.25. The molecule has 3 rings (SSSR count). The third-order valence-corrected chi connectivity index (χ3v) is 6.37. The van der Waals surface area contributed by atoms with Crippen molar-refractivity contribution in [1.29, 1.82) is 0 Å². The highest BCUT2D eigenvalue weighted by atomic mass is 32.2. The second-order valence-electron chi connectivity index (χ2n) is 6.12. The monoisotopic (exact) mass is 334 g/mol. The quantitative estimate of drug-likeness (QED) is 0.931. The SMILES string of the molecule is Cc1[nH]ncc1S(=O)(=O)N1CCC[C@@H]1c1cccc(N(C)C)c1. The number of nitrogens with one attached hydrogen (secondary N) is 1. The van der Waals surface area contributed by atoms with E-state index in [1.807, 2.05) is 37.2 Å². The highest BCUT2D eigenvalue weighted by Gasteiger charge is 2.37. The van der Waals surface area contributed by atoms with E-state index in [1.165, 1.54) is 6.20 Å². The predicted molar refractivity (Wildman–Crippen MR) is 90.0 cm³/mol. The van der Waals surface area contributed by atoms with Gasteiger partial charge in [-0.2, -0.15) is 9.40 Å². The molecule has 1 aliphatic heterocycles. The molecule has 6 nitrogen and oxygen atoms in total. The Kier molecular flexibility index (Phi) is 4.16. The van der Waals surface area contributed by atoms with E-state index >= 15 is 0 Å². The van der Waals surface area contributed by atoms with Crippen molar-refractivity contribution >= 4 is 15.7 Å². The number of sulfonamides is 1. The average molecular weight is 334 g/mol. The van der Waals surface area contributed by atoms with E-state index in [2.05, 4.69) is 16.3 Å². The molecule has 0 saturated carbocycles. The van der Waals surface area contributed by atoms with E-state index in [0.29, 0.717) is 12.2 Å². The maximum absolute atomic E-state index is 13.0. The number of nitrogens with zero attached hydrogens (tertiary/aromatic N) is 3. The standard InChI is InChI=1S/C16H22N4O2S/c1-12-16(11-17-18-12)23(21,22)20-9-5-8-15(20)13-6-4-7-14(10-13)19(2)3/h4,6-7,10-11,15H,5,8-9H2,1-3H3,(H,17,18)/t15-/m1/s1. The summed E-state index contributed by atoms with van der Waals surface area (Å²) in [4.78, 5) is 2.30. The van der Waals surface area contributed by atoms with Crippen LogP contribution in [-0.2, 0) is 10.0 Å². The van der Waals surface area contributed by atoms with Crippen LogP contribution in [0.5, 0.6) is 0 Å². The van der Waals surface area contributed by atoms with E-state index in [-0.39, 0.29) is 10.9 Å². The largest absolute Gasteiger partial charge is 0.378 e. The molecule has 124 valence electrons. The van der Waals surface area contributed by atoms with Crippen molar-refractivity contribution in [3.8, 4) is 0 Å². The second-order valence-corrected chi connectivity index (χ2v) is 7.98. The molecule has 0 spiro atoms. The molecular formula is C16H22N4O2S. The first-order valence-corrected chi connectivity index (χ1v) is 9.14. The van der Waals surface area contributed by atoms with Crippen LogP contribution in [0.1, 0.15) is 30.1 Å². The highest BCUT2D eigenvalue weighted by molar-refractivity contribution is 7.89. The number of hydrogen-bond donors (Lipinski definition) is 1. The lowest BCUT2D eigenvalue weighted by atomic mass is 10.0. The Bertz CT molecular complexity index is 798. The maximum Gasteiger partial charge on any atom is 0.247 e. The zero-order valence-electron chi connectivity index (χ0n) is 13.7. The number of aromatic nitrogens is 2. The minimum Gasteiger partial charge on any atom is -0.378 e. The summed E-state index contributed by atoms with van der Waals surface area (Å²) < 4.78 is 27.6. The molecule has 0 unspecified atom stereocenters. The molecule has 23 heavy (non-hydrogen) atoms. The second kappa shape index (κ2) is 5.98. The zero-order valence-corrected chi connectivity index (χ0v) is 14.5. The Morgan fingerprint density at radius 3 is 2.78 bits per heavy atom. The number of benzene rings is 1. The summed E-state index contributed by atoms with van der Waals surface area (Å²) in [6.45, 7) is 2.28. The summed E-state index contributed by atoms with van der Waals surface area (Å²) in [5, 5.41) is 6.57. The molecular weight excluding hydrogens is 312 g/mol. The Balaban J connectivity index is 1.98. The van der Waals surface area contributed by atoms with E-state index in [4.69, 9.17) is 0 Å². The molecule has 7 heteroatoms. The van der Waals surface area contributed by atoms with E-state index < -0.39 is 10.0 Å². The number of anilines is 1. The molecule has 1 fully saturated rings. The molecule has 2 heterocycles. The van der Waals surface area contributed by atoms with Crippen molar-refractivity contribution in [2.75, 3.05) is 25.5 Å². The third kappa shape index (κ3) is 2.86. The van der Waals surface area contributed by atoms with Gasteiger partial charge in [-0.1, -0.05) is 12.1 Å². The first kappa shape index (κ1) is 16.0. The van der Waals surface area contributed by atoms with Crippen LogP contribution in [0.4, 0.5) is 5.69 Å². The first-order chi connectivity index (χ1) is 10.9. The van der Waals surface area contributed by atoms with Crippen LogP contribution in [0.25, 0.3) is 0 Å². The molecule has 2 aromatic rings. The molecule has 1 aromatic heterocycles. The van der Waals surface area contributed by atoms with Gasteiger partial charge in [0.05, 0.1) is 17.9 Å². The van der Waals surface area contributed by atoms with Crippen molar-refractivity contribution in [2.45, 2.75) is 30.7 Å². The average Bonchev–Trinajstić information content (AvgIpc) is 3.16. The Hall–Kier alpha value is -1.86. The number of hydrogen-bond acceptors (Lipinski definition) is 4. The van der Waals surface area contributed by atoms with Crippen LogP contribution < -0.4 is 4.90 Å². The van der Waals surface area contributed by atoms with Crippen LogP contribution in [0.3, 0.4) is 0 Å². The Morgan fingerprint density at radius 2 is 2.13 bits per heavy atom. The van der Waals surface area contributed by atoms with E-state index in [9.17, 15) is 8.42 Å². The number of aromatic amines is 1. The number of rotatable bonds is 4. The number of aryl methyl sites for hydroxylation is 1. The van der Waals surface area contributed by atoms with Gasteiger partial charge in [0, 0.05) is 26.3 Å². The molecule has 1 aromatic carbocycles. The van der Waals surface area contributed by atoms with Gasteiger partial charge in [-0.05, 0) is 37.5 Å². The van der Waals surface area contributed by atoms with Gasteiger partial charge in [0.15, 0.2) is 0 Å². The maximum atomic E-state index is 13.0. The van der Waals surface area contributed by atoms with Crippen molar-refractivity contribution in [3.63, 3.8) is 0 Å². The van der Waals surface area contributed by atoms with Crippen LogP contribution in [0, 0.1) is 6.92 Å². The van der Waals surface area contributed by atoms with Crippen LogP contribution in [-0.4, -0.2) is 43.6 Å². The summed E-state index contributed by atoms with van der Waals surface area (Å²) in [6.07, 6.45) is 3.11. The minimum absolute atomic E-state index is 0.116. The normalized spacial score (nSPS) is 19.2. The van der Waals surface area contributed by atoms with Crippen molar-refractivity contribution in [2.24, 2.45) is 0 Å². The molecule has 0 amide bonds. The lowest BCUT2D eigenvalue weighted by Crippen LogP contribution is -2.31. The lowest BCUT2D eigenvalue weighted by molar-refractivity contribution is 0.396. The molecule has 1 aliphatic rings. The summed E-state index contributed by atoms with van der Waals surface area (Å²) in [7, 11) is 0.436. The van der Waals surface area contributed by atoms with Crippen molar-refractivity contribution in [3.05, 3.63) is 41.7 Å². The summed E-state index contributed by atoms with van der Waals surface area (Å²) in [5.41, 5.74) is 2.70. The summed E-state index contributed by atoms with van der Waals surface area (Å²) in [6, 6.07) is 7.97. The molecule has 1 saturated heterocycles. The highest BCUT2D eigenvalue weighted by Crippen LogP contribution is 2.37. The third-order valence-electron chi connectivity index (χ3n) is 4.35. The van der Waals surface area contributed by atoms with Crippen molar-refractivity contribution in [1.82, 2.24) is 14.5 Å². The number of H-pyrrole nitrogens is 1. The van der Waals surface area contributed by atoms with Gasteiger partial charge in [0.1, 0.15) is 4.90 Å². The Labute approximate surface area is 137 Å². The molecule has 1 N–H and O–H groups in total. The van der Waals surface area contributed by atoms with Crippen LogP contribution in [0.15, 0.2) is 35.4 Å². The fourth-order valence-corrected chi connectivity index (χ4v) is 4.90. The fourth-order valence-electron chi connectivity index (χ4n) is 3.10. The van der Waals surface area contributed by atoms with Gasteiger partial charge in [-0.3, -0.25) is 5.10 Å². The summed E-state index contributed by atoms with van der Waals surface area (Å²) in [5.74, 6) is 0. The minimum atomic E-state index is -3.53. The molecule has 0 radical (unpaired) electrons. The molecule has 0 aliphatic carbocycles. The van der Waals surface area contributed by atoms with Crippen LogP contribution >= 0.6 is 0 Å². The smallest absolute Gasteiger partial charge is 0.247 e. The summed E-state index contributed by atoms with van der Waals surface area (Å²) >= 11 is 0. The van der Waals surface area contributed by atoms with Gasteiger partial charge >= 0.3 is 0 Å². The molecule has 1 atom stereocenters. The van der Waals surface area contributed by atoms with E-state index in [0.717, 1.165) is 24.1 Å².